The Bertz CT molecular complexity index is 564. The van der Waals surface area contributed by atoms with Gasteiger partial charge < -0.3 is 11.1 Å². The predicted molar refractivity (Wildman–Crippen MR) is 80.9 cm³/mol. The van der Waals surface area contributed by atoms with Crippen LogP contribution in [0.2, 0.25) is 0 Å². The first-order chi connectivity index (χ1) is 9.06. The molecule has 2 rings (SSSR count). The average Bonchev–Trinajstić information content (AvgIpc) is 2.37. The van der Waals surface area contributed by atoms with Gasteiger partial charge in [0.2, 0.25) is 5.91 Å². The lowest BCUT2D eigenvalue weighted by Crippen LogP contribution is -2.27. The highest BCUT2D eigenvalue weighted by Gasteiger charge is 2.15. The van der Waals surface area contributed by atoms with E-state index >= 15 is 0 Å². The van der Waals surface area contributed by atoms with Crippen molar-refractivity contribution in [1.29, 1.82) is 0 Å². The van der Waals surface area contributed by atoms with Gasteiger partial charge in [0, 0.05) is 10.2 Å². The van der Waals surface area contributed by atoms with Crippen molar-refractivity contribution in [3.8, 4) is 0 Å². The summed E-state index contributed by atoms with van der Waals surface area (Å²) >= 11 is 3.40. The minimum Gasteiger partial charge on any atom is -0.324 e. The van der Waals surface area contributed by atoms with Crippen molar-refractivity contribution >= 4 is 27.5 Å². The van der Waals surface area contributed by atoms with Crippen LogP contribution >= 0.6 is 15.9 Å². The SMILES string of the molecule is Cc1cc(Br)cc(NC(=O)[C@H](N)c2ccccc2)c1. The maximum Gasteiger partial charge on any atom is 0.245 e. The fourth-order valence-corrected chi connectivity index (χ4v) is 2.45. The Morgan fingerprint density at radius 1 is 1.21 bits per heavy atom. The Morgan fingerprint density at radius 2 is 1.89 bits per heavy atom. The van der Waals surface area contributed by atoms with Crippen LogP contribution in [-0.4, -0.2) is 5.91 Å². The molecule has 0 aliphatic rings. The summed E-state index contributed by atoms with van der Waals surface area (Å²) in [4.78, 5) is 12.1. The van der Waals surface area contributed by atoms with E-state index in [1.807, 2.05) is 55.5 Å². The van der Waals surface area contributed by atoms with Gasteiger partial charge in [-0.1, -0.05) is 46.3 Å². The van der Waals surface area contributed by atoms with E-state index in [1.165, 1.54) is 0 Å². The van der Waals surface area contributed by atoms with Gasteiger partial charge >= 0.3 is 0 Å². The number of nitrogens with two attached hydrogens (primary N) is 1. The smallest absolute Gasteiger partial charge is 0.245 e. The molecule has 0 spiro atoms. The molecule has 4 heteroatoms. The molecule has 2 aromatic rings. The summed E-state index contributed by atoms with van der Waals surface area (Å²) in [6.45, 7) is 1.97. The normalized spacial score (nSPS) is 11.9. The minimum atomic E-state index is -0.666. The lowest BCUT2D eigenvalue weighted by atomic mass is 10.1. The second kappa shape index (κ2) is 5.99. The number of benzene rings is 2. The fourth-order valence-electron chi connectivity index (χ4n) is 1.84. The quantitative estimate of drug-likeness (QED) is 0.911. The van der Waals surface area contributed by atoms with Crippen LogP contribution in [0.5, 0.6) is 0 Å². The van der Waals surface area contributed by atoms with E-state index in [4.69, 9.17) is 5.73 Å². The molecule has 0 bridgehead atoms. The number of nitrogens with one attached hydrogen (secondary N) is 1. The maximum atomic E-state index is 12.1. The second-order valence-corrected chi connectivity index (χ2v) is 5.31. The van der Waals surface area contributed by atoms with Gasteiger partial charge in [-0.15, -0.1) is 0 Å². The number of hydrogen-bond donors (Lipinski definition) is 2. The molecule has 3 nitrogen and oxygen atoms in total. The van der Waals surface area contributed by atoms with Crippen LogP contribution in [0, 0.1) is 6.92 Å². The molecule has 0 fully saturated rings. The van der Waals surface area contributed by atoms with Crippen LogP contribution in [0.25, 0.3) is 0 Å². The summed E-state index contributed by atoms with van der Waals surface area (Å²) in [5, 5.41) is 2.83. The first-order valence-electron chi connectivity index (χ1n) is 5.95. The number of halogens is 1. The molecular weight excluding hydrogens is 304 g/mol. The van der Waals surface area contributed by atoms with Crippen LogP contribution in [-0.2, 0) is 4.79 Å². The van der Waals surface area contributed by atoms with Crippen molar-refractivity contribution in [2.24, 2.45) is 5.73 Å². The zero-order chi connectivity index (χ0) is 13.8. The van der Waals surface area contributed by atoms with Crippen molar-refractivity contribution in [2.75, 3.05) is 5.32 Å². The first-order valence-corrected chi connectivity index (χ1v) is 6.74. The van der Waals surface area contributed by atoms with Crippen molar-refractivity contribution in [2.45, 2.75) is 13.0 Å². The minimum absolute atomic E-state index is 0.219. The standard InChI is InChI=1S/C15H15BrN2O/c1-10-7-12(16)9-13(8-10)18-15(19)14(17)11-5-3-2-4-6-11/h2-9,14H,17H2,1H3,(H,18,19)/t14-/m1/s1. The number of carbonyl (C=O) groups is 1. The molecule has 1 atom stereocenters. The van der Waals surface area contributed by atoms with Gasteiger partial charge in [0.1, 0.15) is 6.04 Å². The zero-order valence-electron chi connectivity index (χ0n) is 10.6. The average molecular weight is 319 g/mol. The van der Waals surface area contributed by atoms with E-state index in [0.29, 0.717) is 0 Å². The van der Waals surface area contributed by atoms with E-state index in [2.05, 4.69) is 21.2 Å². The molecule has 0 saturated carbocycles. The van der Waals surface area contributed by atoms with Gasteiger partial charge in [0.25, 0.3) is 0 Å². The highest BCUT2D eigenvalue weighted by Crippen LogP contribution is 2.20. The predicted octanol–water partition coefficient (Wildman–Crippen LogP) is 3.40. The van der Waals surface area contributed by atoms with E-state index in [-0.39, 0.29) is 5.91 Å². The number of amides is 1. The van der Waals surface area contributed by atoms with Gasteiger partial charge in [0.05, 0.1) is 0 Å². The molecule has 0 unspecified atom stereocenters. The molecule has 0 aliphatic carbocycles. The number of aryl methyl sites for hydroxylation is 1. The fraction of sp³-hybridized carbons (Fsp3) is 0.133. The van der Waals surface area contributed by atoms with Crippen molar-refractivity contribution < 1.29 is 4.79 Å². The molecule has 0 saturated heterocycles. The topological polar surface area (TPSA) is 55.1 Å². The Morgan fingerprint density at radius 3 is 2.53 bits per heavy atom. The third-order valence-electron chi connectivity index (χ3n) is 2.75. The Labute approximate surface area is 121 Å². The summed E-state index contributed by atoms with van der Waals surface area (Å²) in [7, 11) is 0. The number of rotatable bonds is 3. The van der Waals surface area contributed by atoms with Gasteiger partial charge in [-0.05, 0) is 36.2 Å². The lowest BCUT2D eigenvalue weighted by molar-refractivity contribution is -0.117. The third kappa shape index (κ3) is 3.66. The van der Waals surface area contributed by atoms with E-state index in [1.54, 1.807) is 0 Å². The summed E-state index contributed by atoms with van der Waals surface area (Å²) in [6.07, 6.45) is 0. The summed E-state index contributed by atoms with van der Waals surface area (Å²) in [6, 6.07) is 14.4. The molecule has 1 amide bonds. The second-order valence-electron chi connectivity index (χ2n) is 4.39. The molecule has 98 valence electrons. The summed E-state index contributed by atoms with van der Waals surface area (Å²) < 4.78 is 0.927. The highest BCUT2D eigenvalue weighted by molar-refractivity contribution is 9.10. The molecular formula is C15H15BrN2O. The van der Waals surface area contributed by atoms with Gasteiger partial charge in [0.15, 0.2) is 0 Å². The number of carbonyl (C=O) groups excluding carboxylic acids is 1. The largest absolute Gasteiger partial charge is 0.324 e. The van der Waals surface area contributed by atoms with Gasteiger partial charge in [-0.2, -0.15) is 0 Å². The molecule has 0 aromatic heterocycles. The lowest BCUT2D eigenvalue weighted by Gasteiger charge is -2.13. The molecule has 0 aliphatic heterocycles. The van der Waals surface area contributed by atoms with Crippen molar-refractivity contribution in [3.05, 3.63) is 64.1 Å². The Kier molecular flexibility index (Phi) is 4.35. The Hall–Kier alpha value is -1.65. The molecule has 0 radical (unpaired) electrons. The highest BCUT2D eigenvalue weighted by atomic mass is 79.9. The molecule has 0 heterocycles. The van der Waals surface area contributed by atoms with E-state index in [0.717, 1.165) is 21.3 Å². The van der Waals surface area contributed by atoms with Crippen LogP contribution in [0.15, 0.2) is 53.0 Å². The van der Waals surface area contributed by atoms with Gasteiger partial charge in [-0.25, -0.2) is 0 Å². The monoisotopic (exact) mass is 318 g/mol. The third-order valence-corrected chi connectivity index (χ3v) is 3.21. The first kappa shape index (κ1) is 13.8. The van der Waals surface area contributed by atoms with Gasteiger partial charge in [-0.3, -0.25) is 4.79 Å². The molecule has 19 heavy (non-hydrogen) atoms. The number of anilines is 1. The zero-order valence-corrected chi connectivity index (χ0v) is 12.1. The number of hydrogen-bond acceptors (Lipinski definition) is 2. The molecule has 2 aromatic carbocycles. The van der Waals surface area contributed by atoms with Crippen molar-refractivity contribution in [3.63, 3.8) is 0 Å². The molecule has 3 N–H and O–H groups in total. The summed E-state index contributed by atoms with van der Waals surface area (Å²) in [5.74, 6) is -0.219. The van der Waals surface area contributed by atoms with Crippen LogP contribution in [0.3, 0.4) is 0 Å². The van der Waals surface area contributed by atoms with Crippen LogP contribution < -0.4 is 11.1 Å². The van der Waals surface area contributed by atoms with Crippen molar-refractivity contribution in [1.82, 2.24) is 0 Å². The Balaban J connectivity index is 2.13. The van der Waals surface area contributed by atoms with Crippen LogP contribution in [0.1, 0.15) is 17.2 Å². The van der Waals surface area contributed by atoms with Crippen LogP contribution in [0.4, 0.5) is 5.69 Å². The summed E-state index contributed by atoms with van der Waals surface area (Å²) in [5.41, 5.74) is 8.54. The van der Waals surface area contributed by atoms with E-state index in [9.17, 15) is 4.79 Å². The van der Waals surface area contributed by atoms with E-state index < -0.39 is 6.04 Å². The maximum absolute atomic E-state index is 12.1.